The highest BCUT2D eigenvalue weighted by molar-refractivity contribution is 5.77. The molecule has 1 saturated carbocycles. The first kappa shape index (κ1) is 21.6. The predicted octanol–water partition coefficient (Wildman–Crippen LogP) is 4.45. The Hall–Kier alpha value is -2.11. The highest BCUT2D eigenvalue weighted by atomic mass is 16.5. The molecule has 0 aliphatic heterocycles. The van der Waals surface area contributed by atoms with Gasteiger partial charge in [0.2, 0.25) is 0 Å². The third kappa shape index (κ3) is 4.90. The minimum Gasteiger partial charge on any atom is -0.489 e. The monoisotopic (exact) mass is 400 g/mol. The summed E-state index contributed by atoms with van der Waals surface area (Å²) in [6.07, 6.45) is 4.59. The van der Waals surface area contributed by atoms with E-state index in [1.807, 2.05) is 25.1 Å². The molecule has 0 spiro atoms. The van der Waals surface area contributed by atoms with Crippen LogP contribution in [-0.4, -0.2) is 28.5 Å². The van der Waals surface area contributed by atoms with E-state index in [1.54, 1.807) is 12.1 Å². The summed E-state index contributed by atoms with van der Waals surface area (Å²) in [5.74, 6) is 0.682. The van der Waals surface area contributed by atoms with Gasteiger partial charge in [-0.05, 0) is 75.1 Å². The Morgan fingerprint density at radius 2 is 2.00 bits per heavy atom. The van der Waals surface area contributed by atoms with Gasteiger partial charge in [0.1, 0.15) is 17.9 Å². The van der Waals surface area contributed by atoms with Gasteiger partial charge in [-0.2, -0.15) is 0 Å². The molecule has 2 aromatic rings. The number of ether oxygens (including phenoxy) is 1. The number of hydrogen-bond donors (Lipinski definition) is 2. The summed E-state index contributed by atoms with van der Waals surface area (Å²) >= 11 is 0. The zero-order valence-electron chi connectivity index (χ0n) is 17.8. The smallest absolute Gasteiger partial charge is 0.336 e. The Balaban J connectivity index is 1.58. The molecular formula is C24H32O5. The van der Waals surface area contributed by atoms with Gasteiger partial charge in [0.05, 0.1) is 11.7 Å². The van der Waals surface area contributed by atoms with Crippen LogP contribution in [0.15, 0.2) is 51.2 Å². The lowest BCUT2D eigenvalue weighted by Gasteiger charge is -2.51. The SMILES string of the molecule is CC(=CCOc1ccc2ccc(=O)oc2c1)CC[C@@H]1C(C)(C)[C@@H](O)CC[C@]1(C)O. The predicted molar refractivity (Wildman–Crippen MR) is 114 cm³/mol. The molecule has 3 atom stereocenters. The quantitative estimate of drug-likeness (QED) is 0.553. The highest BCUT2D eigenvalue weighted by Gasteiger charge is 2.49. The second-order valence-electron chi connectivity index (χ2n) is 9.14. The summed E-state index contributed by atoms with van der Waals surface area (Å²) in [6.45, 7) is 8.48. The van der Waals surface area contributed by atoms with Crippen molar-refractivity contribution in [3.8, 4) is 5.75 Å². The van der Waals surface area contributed by atoms with Gasteiger partial charge in [-0.25, -0.2) is 4.79 Å². The van der Waals surface area contributed by atoms with E-state index in [4.69, 9.17) is 9.15 Å². The van der Waals surface area contributed by atoms with Crippen LogP contribution < -0.4 is 10.4 Å². The molecule has 0 radical (unpaired) electrons. The van der Waals surface area contributed by atoms with Crippen LogP contribution in [0.25, 0.3) is 11.0 Å². The number of allylic oxidation sites excluding steroid dienone is 1. The molecule has 1 heterocycles. The van der Waals surface area contributed by atoms with Crippen LogP contribution in [0.1, 0.15) is 53.4 Å². The van der Waals surface area contributed by atoms with Crippen LogP contribution in [0.2, 0.25) is 0 Å². The largest absolute Gasteiger partial charge is 0.489 e. The van der Waals surface area contributed by atoms with Crippen LogP contribution >= 0.6 is 0 Å². The fraction of sp³-hybridized carbons (Fsp3) is 0.542. The van der Waals surface area contributed by atoms with Gasteiger partial charge < -0.3 is 19.4 Å². The molecule has 0 bridgehead atoms. The van der Waals surface area contributed by atoms with Crippen molar-refractivity contribution in [1.82, 2.24) is 0 Å². The standard InChI is InChI=1S/C24H32O5/c1-16(5-9-20-23(2,3)21(25)11-13-24(20,4)27)12-14-28-18-8-6-17-7-10-22(26)29-19(17)15-18/h6-8,10,12,15,20-21,25,27H,5,9,11,13-14H2,1-4H3/t20-,21+,24+/m1/s1. The minimum atomic E-state index is -0.755. The van der Waals surface area contributed by atoms with Crippen LogP contribution in [-0.2, 0) is 0 Å². The maximum atomic E-state index is 11.4. The average molecular weight is 401 g/mol. The second kappa shape index (κ2) is 8.33. The van der Waals surface area contributed by atoms with Gasteiger partial charge >= 0.3 is 5.63 Å². The van der Waals surface area contributed by atoms with Crippen LogP contribution in [0, 0.1) is 11.3 Å². The van der Waals surface area contributed by atoms with E-state index in [1.165, 1.54) is 11.6 Å². The van der Waals surface area contributed by atoms with Gasteiger partial charge in [0, 0.05) is 17.5 Å². The van der Waals surface area contributed by atoms with Crippen molar-refractivity contribution in [3.63, 3.8) is 0 Å². The van der Waals surface area contributed by atoms with Crippen molar-refractivity contribution in [3.05, 3.63) is 52.4 Å². The van der Waals surface area contributed by atoms with Crippen molar-refractivity contribution in [1.29, 1.82) is 0 Å². The van der Waals surface area contributed by atoms with E-state index in [0.717, 1.165) is 18.2 Å². The molecule has 2 N–H and O–H groups in total. The number of fused-ring (bicyclic) bond motifs is 1. The normalized spacial score (nSPS) is 27.2. The number of hydrogen-bond acceptors (Lipinski definition) is 5. The van der Waals surface area contributed by atoms with Gasteiger partial charge in [0.25, 0.3) is 0 Å². The molecule has 0 amide bonds. The first-order chi connectivity index (χ1) is 13.6. The summed E-state index contributed by atoms with van der Waals surface area (Å²) < 4.78 is 11.0. The maximum absolute atomic E-state index is 11.4. The number of aliphatic hydroxyl groups excluding tert-OH is 1. The molecule has 158 valence electrons. The first-order valence-corrected chi connectivity index (χ1v) is 10.3. The third-order valence-corrected chi connectivity index (χ3v) is 6.54. The Morgan fingerprint density at radius 1 is 1.28 bits per heavy atom. The van der Waals surface area contributed by atoms with E-state index in [2.05, 4.69) is 20.8 Å². The molecule has 0 saturated heterocycles. The van der Waals surface area contributed by atoms with Crippen molar-refractivity contribution in [2.45, 2.75) is 65.1 Å². The van der Waals surface area contributed by atoms with Crippen LogP contribution in [0.5, 0.6) is 5.75 Å². The van der Waals surface area contributed by atoms with E-state index < -0.39 is 5.60 Å². The number of rotatable bonds is 6. The number of aliphatic hydroxyl groups is 2. The first-order valence-electron chi connectivity index (χ1n) is 10.3. The maximum Gasteiger partial charge on any atom is 0.336 e. The molecule has 5 heteroatoms. The molecule has 1 fully saturated rings. The summed E-state index contributed by atoms with van der Waals surface area (Å²) in [5.41, 5.74) is 0.249. The fourth-order valence-electron chi connectivity index (χ4n) is 4.58. The van der Waals surface area contributed by atoms with Crippen LogP contribution in [0.3, 0.4) is 0 Å². The number of benzene rings is 1. The third-order valence-electron chi connectivity index (χ3n) is 6.54. The highest BCUT2D eigenvalue weighted by Crippen LogP contribution is 2.48. The summed E-state index contributed by atoms with van der Waals surface area (Å²) in [4.78, 5) is 11.4. The van der Waals surface area contributed by atoms with Crippen LogP contribution in [0.4, 0.5) is 0 Å². The van der Waals surface area contributed by atoms with Gasteiger partial charge in [-0.15, -0.1) is 0 Å². The summed E-state index contributed by atoms with van der Waals surface area (Å²) in [6, 6.07) is 8.58. The Kier molecular flexibility index (Phi) is 6.20. The lowest BCUT2D eigenvalue weighted by Crippen LogP contribution is -2.53. The molecule has 1 aromatic carbocycles. The van der Waals surface area contributed by atoms with Crippen molar-refractivity contribution >= 4 is 11.0 Å². The van der Waals surface area contributed by atoms with Gasteiger partial charge in [-0.1, -0.05) is 19.4 Å². The molecule has 1 aliphatic carbocycles. The zero-order chi connectivity index (χ0) is 21.2. The summed E-state index contributed by atoms with van der Waals surface area (Å²) in [7, 11) is 0. The molecule has 29 heavy (non-hydrogen) atoms. The van der Waals surface area contributed by atoms with Crippen molar-refractivity contribution in [2.24, 2.45) is 11.3 Å². The van der Waals surface area contributed by atoms with Crippen molar-refractivity contribution in [2.75, 3.05) is 6.61 Å². The molecule has 0 unspecified atom stereocenters. The Bertz CT molecular complexity index is 938. The topological polar surface area (TPSA) is 79.9 Å². The van der Waals surface area contributed by atoms with Gasteiger partial charge in [-0.3, -0.25) is 0 Å². The van der Waals surface area contributed by atoms with E-state index >= 15 is 0 Å². The van der Waals surface area contributed by atoms with Crippen molar-refractivity contribution < 1.29 is 19.4 Å². The van der Waals surface area contributed by atoms with E-state index in [0.29, 0.717) is 30.8 Å². The second-order valence-corrected chi connectivity index (χ2v) is 9.14. The van der Waals surface area contributed by atoms with E-state index in [9.17, 15) is 15.0 Å². The Morgan fingerprint density at radius 3 is 2.76 bits per heavy atom. The Labute approximate surface area is 172 Å². The lowest BCUT2D eigenvalue weighted by molar-refractivity contribution is -0.145. The minimum absolute atomic E-state index is 0.0337. The van der Waals surface area contributed by atoms with E-state index in [-0.39, 0.29) is 23.1 Å². The zero-order valence-corrected chi connectivity index (χ0v) is 17.8. The summed E-state index contributed by atoms with van der Waals surface area (Å²) in [5, 5.41) is 22.1. The average Bonchev–Trinajstić information content (AvgIpc) is 2.64. The fourth-order valence-corrected chi connectivity index (χ4v) is 4.58. The van der Waals surface area contributed by atoms with Gasteiger partial charge in [0.15, 0.2) is 0 Å². The lowest BCUT2D eigenvalue weighted by atomic mass is 9.59. The molecule has 1 aliphatic rings. The molecule has 3 rings (SSSR count). The molecule has 5 nitrogen and oxygen atoms in total. The molecule has 1 aromatic heterocycles. The molecular weight excluding hydrogens is 368 g/mol.